The van der Waals surface area contributed by atoms with Crippen LogP contribution in [-0.4, -0.2) is 21.8 Å². The highest BCUT2D eigenvalue weighted by Gasteiger charge is 2.21. The normalized spacial score (nSPS) is 14.4. The number of halogens is 1. The zero-order valence-electron chi connectivity index (χ0n) is 13.5. The van der Waals surface area contributed by atoms with E-state index in [4.69, 9.17) is 4.74 Å². The van der Waals surface area contributed by atoms with Crippen LogP contribution in [0.4, 0.5) is 10.1 Å². The summed E-state index contributed by atoms with van der Waals surface area (Å²) in [5.74, 6) is -0.518. The summed E-state index contributed by atoms with van der Waals surface area (Å²) in [7, 11) is 1.78. The summed E-state index contributed by atoms with van der Waals surface area (Å²) in [5.41, 5.74) is 2.33. The maximum absolute atomic E-state index is 14.1. The molecule has 0 radical (unpaired) electrons. The topological polar surface area (TPSA) is 56.2 Å². The second-order valence-corrected chi connectivity index (χ2v) is 5.94. The summed E-state index contributed by atoms with van der Waals surface area (Å²) in [6.07, 6.45) is 3.18. The van der Waals surface area contributed by atoms with Crippen LogP contribution < -0.4 is 10.1 Å². The molecule has 1 aromatic heterocycles. The van der Waals surface area contributed by atoms with Crippen LogP contribution in [0.1, 0.15) is 41.0 Å². The minimum absolute atomic E-state index is 0.116. The van der Waals surface area contributed by atoms with Gasteiger partial charge in [-0.25, -0.2) is 4.39 Å². The number of nitrogens with one attached hydrogen (secondary N) is 1. The molecular weight excluding hydrogens is 297 g/mol. The largest absolute Gasteiger partial charge is 0.487 e. The highest BCUT2D eigenvalue weighted by atomic mass is 19.1. The Bertz CT molecular complexity index is 751. The van der Waals surface area contributed by atoms with Crippen molar-refractivity contribution in [2.24, 2.45) is 7.05 Å². The third-order valence-electron chi connectivity index (χ3n) is 4.27. The van der Waals surface area contributed by atoms with Crippen molar-refractivity contribution in [1.29, 1.82) is 0 Å². The SMILES string of the molecule is Cc1nn(C)c(C)c1C(=O)Nc1ccc(OC2CCC2)c(F)c1. The number of carbonyl (C=O) groups excluding carboxylic acids is 1. The lowest BCUT2D eigenvalue weighted by Crippen LogP contribution is -2.25. The number of hydrogen-bond donors (Lipinski definition) is 1. The van der Waals surface area contributed by atoms with Crippen molar-refractivity contribution >= 4 is 11.6 Å². The van der Waals surface area contributed by atoms with Gasteiger partial charge in [0.25, 0.3) is 5.91 Å². The molecule has 6 heteroatoms. The highest BCUT2D eigenvalue weighted by Crippen LogP contribution is 2.28. The molecule has 1 aromatic carbocycles. The van der Waals surface area contributed by atoms with Gasteiger partial charge < -0.3 is 10.1 Å². The number of ether oxygens (including phenoxy) is 1. The molecule has 1 N–H and O–H groups in total. The average Bonchev–Trinajstić information content (AvgIpc) is 2.69. The third kappa shape index (κ3) is 3.06. The summed E-state index contributed by atoms with van der Waals surface area (Å²) in [4.78, 5) is 12.4. The number of nitrogens with zero attached hydrogens (tertiary/aromatic N) is 2. The predicted molar refractivity (Wildman–Crippen MR) is 85.3 cm³/mol. The minimum atomic E-state index is -0.464. The Morgan fingerprint density at radius 3 is 2.65 bits per heavy atom. The maximum Gasteiger partial charge on any atom is 0.259 e. The van der Waals surface area contributed by atoms with E-state index in [9.17, 15) is 9.18 Å². The monoisotopic (exact) mass is 317 g/mol. The van der Waals surface area contributed by atoms with Gasteiger partial charge in [-0.05, 0) is 45.2 Å². The van der Waals surface area contributed by atoms with Crippen molar-refractivity contribution in [3.05, 3.63) is 41.0 Å². The second kappa shape index (κ2) is 6.02. The number of hydrogen-bond acceptors (Lipinski definition) is 3. The molecule has 1 aliphatic rings. The van der Waals surface area contributed by atoms with Crippen LogP contribution >= 0.6 is 0 Å². The molecule has 0 bridgehead atoms. The number of amides is 1. The van der Waals surface area contributed by atoms with Crippen molar-refractivity contribution in [3.63, 3.8) is 0 Å². The smallest absolute Gasteiger partial charge is 0.259 e. The van der Waals surface area contributed by atoms with Gasteiger partial charge in [0.1, 0.15) is 0 Å². The number of aromatic nitrogens is 2. The molecule has 1 heterocycles. The van der Waals surface area contributed by atoms with Gasteiger partial charge in [0.15, 0.2) is 11.6 Å². The van der Waals surface area contributed by atoms with E-state index in [1.165, 1.54) is 6.07 Å². The van der Waals surface area contributed by atoms with Crippen molar-refractivity contribution in [2.45, 2.75) is 39.2 Å². The summed E-state index contributed by atoms with van der Waals surface area (Å²) < 4.78 is 21.3. The molecule has 0 unspecified atom stereocenters. The van der Waals surface area contributed by atoms with Crippen LogP contribution in [-0.2, 0) is 7.05 Å². The lowest BCUT2D eigenvalue weighted by molar-refractivity contribution is 0.102. The van der Waals surface area contributed by atoms with Crippen molar-refractivity contribution < 1.29 is 13.9 Å². The van der Waals surface area contributed by atoms with Crippen LogP contribution in [0, 0.1) is 19.7 Å². The predicted octanol–water partition coefficient (Wildman–Crippen LogP) is 3.36. The molecule has 1 fully saturated rings. The number of aryl methyl sites for hydroxylation is 2. The number of rotatable bonds is 4. The summed E-state index contributed by atoms with van der Waals surface area (Å²) in [6, 6.07) is 4.50. The molecule has 0 spiro atoms. The van der Waals surface area contributed by atoms with Gasteiger partial charge in [-0.15, -0.1) is 0 Å². The number of benzene rings is 1. The molecular formula is C17H20FN3O2. The molecule has 2 aromatic rings. The molecule has 0 atom stereocenters. The van der Waals surface area contributed by atoms with Gasteiger partial charge in [0.2, 0.25) is 0 Å². The van der Waals surface area contributed by atoms with E-state index in [-0.39, 0.29) is 17.8 Å². The highest BCUT2D eigenvalue weighted by molar-refractivity contribution is 6.05. The van der Waals surface area contributed by atoms with Crippen LogP contribution in [0.3, 0.4) is 0 Å². The van der Waals surface area contributed by atoms with E-state index in [1.807, 2.05) is 6.92 Å². The van der Waals surface area contributed by atoms with Gasteiger partial charge in [-0.3, -0.25) is 9.48 Å². The molecule has 122 valence electrons. The van der Waals surface area contributed by atoms with Crippen molar-refractivity contribution in [2.75, 3.05) is 5.32 Å². The first kappa shape index (κ1) is 15.5. The van der Waals surface area contributed by atoms with Gasteiger partial charge in [0.05, 0.1) is 17.4 Å². The van der Waals surface area contributed by atoms with Crippen LogP contribution in [0.5, 0.6) is 5.75 Å². The quantitative estimate of drug-likeness (QED) is 0.941. The fourth-order valence-electron chi connectivity index (χ4n) is 2.64. The zero-order chi connectivity index (χ0) is 16.6. The summed E-state index contributed by atoms with van der Waals surface area (Å²) >= 11 is 0. The van der Waals surface area contributed by atoms with E-state index < -0.39 is 5.82 Å². The molecule has 0 aliphatic heterocycles. The molecule has 0 saturated heterocycles. The maximum atomic E-state index is 14.1. The molecule has 5 nitrogen and oxygen atoms in total. The van der Waals surface area contributed by atoms with Crippen molar-refractivity contribution in [1.82, 2.24) is 9.78 Å². The van der Waals surface area contributed by atoms with E-state index in [1.54, 1.807) is 30.8 Å². The van der Waals surface area contributed by atoms with Crippen LogP contribution in [0.15, 0.2) is 18.2 Å². The van der Waals surface area contributed by atoms with E-state index in [2.05, 4.69) is 10.4 Å². The minimum Gasteiger partial charge on any atom is -0.487 e. The Hall–Kier alpha value is -2.37. The van der Waals surface area contributed by atoms with Gasteiger partial charge in [-0.1, -0.05) is 0 Å². The average molecular weight is 317 g/mol. The lowest BCUT2D eigenvalue weighted by Gasteiger charge is -2.26. The molecule has 1 aliphatic carbocycles. The first-order chi connectivity index (χ1) is 11.0. The second-order valence-electron chi connectivity index (χ2n) is 5.94. The Kier molecular flexibility index (Phi) is 4.07. The molecule has 1 saturated carbocycles. The fourth-order valence-corrected chi connectivity index (χ4v) is 2.64. The summed E-state index contributed by atoms with van der Waals surface area (Å²) in [6.45, 7) is 3.60. The Labute approximate surface area is 134 Å². The van der Waals surface area contributed by atoms with E-state index in [0.29, 0.717) is 16.9 Å². The fraction of sp³-hybridized carbons (Fsp3) is 0.412. The van der Waals surface area contributed by atoms with E-state index in [0.717, 1.165) is 25.0 Å². The van der Waals surface area contributed by atoms with Crippen LogP contribution in [0.25, 0.3) is 0 Å². The van der Waals surface area contributed by atoms with Crippen molar-refractivity contribution in [3.8, 4) is 5.75 Å². The third-order valence-corrected chi connectivity index (χ3v) is 4.27. The number of carbonyl (C=O) groups is 1. The number of anilines is 1. The standard InChI is InChI=1S/C17H20FN3O2/c1-10-16(11(2)21(3)20-10)17(22)19-12-7-8-15(14(18)9-12)23-13-5-4-6-13/h7-9,13H,4-6H2,1-3H3,(H,19,22). The Morgan fingerprint density at radius 2 is 2.13 bits per heavy atom. The first-order valence-electron chi connectivity index (χ1n) is 7.73. The Morgan fingerprint density at radius 1 is 1.39 bits per heavy atom. The van der Waals surface area contributed by atoms with Gasteiger partial charge >= 0.3 is 0 Å². The van der Waals surface area contributed by atoms with Gasteiger partial charge in [-0.2, -0.15) is 5.10 Å². The first-order valence-corrected chi connectivity index (χ1v) is 7.73. The summed E-state index contributed by atoms with van der Waals surface area (Å²) in [5, 5.41) is 6.93. The van der Waals surface area contributed by atoms with Gasteiger partial charge in [0, 0.05) is 24.5 Å². The molecule has 3 rings (SSSR count). The Balaban J connectivity index is 1.74. The zero-order valence-corrected chi connectivity index (χ0v) is 13.5. The molecule has 23 heavy (non-hydrogen) atoms. The molecule has 1 amide bonds. The van der Waals surface area contributed by atoms with E-state index >= 15 is 0 Å². The lowest BCUT2D eigenvalue weighted by atomic mass is 9.96. The van der Waals surface area contributed by atoms with Crippen LogP contribution in [0.2, 0.25) is 0 Å².